The lowest BCUT2D eigenvalue weighted by Gasteiger charge is -2.36. The molecule has 0 saturated heterocycles. The number of esters is 1. The number of pyridine rings is 1. The van der Waals surface area contributed by atoms with Gasteiger partial charge in [-0.2, -0.15) is 0 Å². The molecular weight excluding hydrogens is 274 g/mol. The summed E-state index contributed by atoms with van der Waals surface area (Å²) in [6.07, 6.45) is 4.80. The largest absolute Gasteiger partial charge is 0.457 e. The van der Waals surface area contributed by atoms with Crippen molar-refractivity contribution in [1.29, 1.82) is 0 Å². The summed E-state index contributed by atoms with van der Waals surface area (Å²) in [4.78, 5) is 16.2. The smallest absolute Gasteiger partial charge is 0.357 e. The van der Waals surface area contributed by atoms with Gasteiger partial charge in [0.1, 0.15) is 11.8 Å². The minimum Gasteiger partial charge on any atom is -0.457 e. The third kappa shape index (κ3) is 3.72. The van der Waals surface area contributed by atoms with E-state index in [1.165, 1.54) is 12.6 Å². The summed E-state index contributed by atoms with van der Waals surface area (Å²) in [5.74, 6) is 1.20. The molecule has 1 aliphatic rings. The number of rotatable bonds is 3. The quantitative estimate of drug-likeness (QED) is 0.778. The maximum absolute atomic E-state index is 12.2. The van der Waals surface area contributed by atoms with Crippen molar-refractivity contribution in [1.82, 2.24) is 4.98 Å². The first-order chi connectivity index (χ1) is 9.47. The fourth-order valence-corrected chi connectivity index (χ4v) is 3.12. The highest BCUT2D eigenvalue weighted by Crippen LogP contribution is 2.35. The Morgan fingerprint density at radius 3 is 2.85 bits per heavy atom. The monoisotopic (exact) mass is 295 g/mol. The van der Waals surface area contributed by atoms with E-state index in [1.54, 1.807) is 12.1 Å². The molecule has 1 aromatic heterocycles. The normalized spacial score (nSPS) is 26.6. The first-order valence-corrected chi connectivity index (χ1v) is 7.67. The zero-order chi connectivity index (χ0) is 14.7. The molecule has 3 atom stereocenters. The number of hydrogen-bond acceptors (Lipinski definition) is 3. The van der Waals surface area contributed by atoms with Gasteiger partial charge in [-0.05, 0) is 42.7 Å². The standard InChI is InChI=1S/C16H22ClNO2/c1-10(2)13-5-4-11(3)8-15(13)20-16(19)14-9-12(17)6-7-18-14/h6-7,9-11,13,15H,4-5,8H2,1-3H3. The molecule has 1 heterocycles. The lowest BCUT2D eigenvalue weighted by Crippen LogP contribution is -2.36. The van der Waals surface area contributed by atoms with Crippen molar-refractivity contribution < 1.29 is 9.53 Å². The van der Waals surface area contributed by atoms with Gasteiger partial charge in [-0.1, -0.05) is 38.8 Å². The van der Waals surface area contributed by atoms with Crippen LogP contribution in [0.25, 0.3) is 0 Å². The van der Waals surface area contributed by atoms with Crippen LogP contribution in [0.1, 0.15) is 50.5 Å². The van der Waals surface area contributed by atoms with E-state index in [9.17, 15) is 4.79 Å². The molecule has 3 nitrogen and oxygen atoms in total. The second-order valence-electron chi connectivity index (χ2n) is 6.13. The molecule has 0 N–H and O–H groups in total. The van der Waals surface area contributed by atoms with Gasteiger partial charge in [0.2, 0.25) is 0 Å². The summed E-state index contributed by atoms with van der Waals surface area (Å²) in [7, 11) is 0. The molecular formula is C16H22ClNO2. The Labute approximate surface area is 125 Å². The number of aromatic nitrogens is 1. The highest BCUT2D eigenvalue weighted by Gasteiger charge is 2.33. The summed E-state index contributed by atoms with van der Waals surface area (Å²) in [5, 5.41) is 0.504. The van der Waals surface area contributed by atoms with Crippen molar-refractivity contribution in [3.05, 3.63) is 29.0 Å². The molecule has 0 bridgehead atoms. The minimum absolute atomic E-state index is 0.00738. The Kier molecular flexibility index (Phi) is 5.03. The van der Waals surface area contributed by atoms with Gasteiger partial charge in [0.15, 0.2) is 0 Å². The van der Waals surface area contributed by atoms with Crippen LogP contribution in [0.5, 0.6) is 0 Å². The van der Waals surface area contributed by atoms with Crippen LogP contribution in [-0.4, -0.2) is 17.1 Å². The zero-order valence-electron chi connectivity index (χ0n) is 12.3. The van der Waals surface area contributed by atoms with E-state index in [4.69, 9.17) is 16.3 Å². The lowest BCUT2D eigenvalue weighted by atomic mass is 9.75. The molecule has 0 aromatic carbocycles. The number of ether oxygens (including phenoxy) is 1. The Morgan fingerprint density at radius 2 is 2.20 bits per heavy atom. The summed E-state index contributed by atoms with van der Waals surface area (Å²) in [6.45, 7) is 6.60. The van der Waals surface area contributed by atoms with Crippen molar-refractivity contribution >= 4 is 17.6 Å². The van der Waals surface area contributed by atoms with E-state index in [0.717, 1.165) is 12.8 Å². The average molecular weight is 296 g/mol. The first kappa shape index (κ1) is 15.3. The predicted molar refractivity (Wildman–Crippen MR) is 79.8 cm³/mol. The van der Waals surface area contributed by atoms with E-state index in [2.05, 4.69) is 25.8 Å². The van der Waals surface area contributed by atoms with Crippen molar-refractivity contribution in [2.45, 2.75) is 46.1 Å². The number of halogens is 1. The maximum Gasteiger partial charge on any atom is 0.357 e. The first-order valence-electron chi connectivity index (χ1n) is 7.30. The second-order valence-corrected chi connectivity index (χ2v) is 6.57. The third-order valence-electron chi connectivity index (χ3n) is 4.15. The molecule has 1 fully saturated rings. The van der Waals surface area contributed by atoms with Crippen molar-refractivity contribution in [2.75, 3.05) is 0 Å². The molecule has 2 rings (SSSR count). The summed E-state index contributed by atoms with van der Waals surface area (Å²) < 4.78 is 5.72. The topological polar surface area (TPSA) is 39.2 Å². The molecule has 0 aliphatic heterocycles. The molecule has 4 heteroatoms. The molecule has 0 radical (unpaired) electrons. The number of hydrogen-bond donors (Lipinski definition) is 0. The van der Waals surface area contributed by atoms with Gasteiger partial charge >= 0.3 is 5.97 Å². The van der Waals surface area contributed by atoms with Crippen LogP contribution < -0.4 is 0 Å². The predicted octanol–water partition coefficient (Wildman–Crippen LogP) is 4.35. The molecule has 1 aliphatic carbocycles. The summed E-state index contributed by atoms with van der Waals surface area (Å²) in [6, 6.07) is 3.21. The molecule has 110 valence electrons. The maximum atomic E-state index is 12.2. The average Bonchev–Trinajstić information content (AvgIpc) is 2.38. The Bertz CT molecular complexity index is 475. The Balaban J connectivity index is 2.08. The molecule has 0 spiro atoms. The molecule has 0 amide bonds. The summed E-state index contributed by atoms with van der Waals surface area (Å²) in [5.41, 5.74) is 0.290. The fraction of sp³-hybridized carbons (Fsp3) is 0.625. The molecule has 1 saturated carbocycles. The van der Waals surface area contributed by atoms with E-state index in [1.807, 2.05) is 0 Å². The lowest BCUT2D eigenvalue weighted by molar-refractivity contribution is -0.0179. The van der Waals surface area contributed by atoms with E-state index in [0.29, 0.717) is 28.5 Å². The van der Waals surface area contributed by atoms with Crippen LogP contribution in [0.3, 0.4) is 0 Å². The van der Waals surface area contributed by atoms with Crippen LogP contribution >= 0.6 is 11.6 Å². The SMILES string of the molecule is CC1CCC(C(C)C)C(OC(=O)c2cc(Cl)ccn2)C1. The molecule has 3 unspecified atom stereocenters. The van der Waals surface area contributed by atoms with Crippen molar-refractivity contribution in [3.63, 3.8) is 0 Å². The minimum atomic E-state index is -0.364. The number of carbonyl (C=O) groups is 1. The van der Waals surface area contributed by atoms with Gasteiger partial charge in [0.25, 0.3) is 0 Å². The van der Waals surface area contributed by atoms with Gasteiger partial charge in [-0.15, -0.1) is 0 Å². The third-order valence-corrected chi connectivity index (χ3v) is 4.39. The number of carbonyl (C=O) groups excluding carboxylic acids is 1. The Morgan fingerprint density at radius 1 is 1.45 bits per heavy atom. The highest BCUT2D eigenvalue weighted by molar-refractivity contribution is 6.30. The van der Waals surface area contributed by atoms with Gasteiger partial charge in [0.05, 0.1) is 0 Å². The van der Waals surface area contributed by atoms with Crippen LogP contribution in [0.15, 0.2) is 18.3 Å². The second kappa shape index (κ2) is 6.57. The van der Waals surface area contributed by atoms with Crippen LogP contribution in [0.4, 0.5) is 0 Å². The van der Waals surface area contributed by atoms with E-state index in [-0.39, 0.29) is 12.1 Å². The highest BCUT2D eigenvalue weighted by atomic mass is 35.5. The summed E-state index contributed by atoms with van der Waals surface area (Å²) >= 11 is 5.89. The van der Waals surface area contributed by atoms with Crippen LogP contribution in [0.2, 0.25) is 5.02 Å². The number of nitrogens with zero attached hydrogens (tertiary/aromatic N) is 1. The van der Waals surface area contributed by atoms with Gasteiger partial charge < -0.3 is 4.74 Å². The fourth-order valence-electron chi connectivity index (χ4n) is 2.96. The van der Waals surface area contributed by atoms with Gasteiger partial charge in [-0.3, -0.25) is 0 Å². The zero-order valence-corrected chi connectivity index (χ0v) is 13.1. The van der Waals surface area contributed by atoms with E-state index >= 15 is 0 Å². The van der Waals surface area contributed by atoms with Crippen LogP contribution in [0, 0.1) is 17.8 Å². The molecule has 20 heavy (non-hydrogen) atoms. The van der Waals surface area contributed by atoms with Gasteiger partial charge in [0, 0.05) is 11.2 Å². The van der Waals surface area contributed by atoms with Crippen molar-refractivity contribution in [3.8, 4) is 0 Å². The molecule has 1 aromatic rings. The van der Waals surface area contributed by atoms with Crippen molar-refractivity contribution in [2.24, 2.45) is 17.8 Å². The van der Waals surface area contributed by atoms with Gasteiger partial charge in [-0.25, -0.2) is 9.78 Å². The van der Waals surface area contributed by atoms with Crippen LogP contribution in [-0.2, 0) is 4.74 Å². The van der Waals surface area contributed by atoms with E-state index < -0.39 is 0 Å². The Hall–Kier alpha value is -1.09.